The zero-order chi connectivity index (χ0) is 16.8. The number of hydrogen-bond acceptors (Lipinski definition) is 3. The second-order valence-corrected chi connectivity index (χ2v) is 6.21. The maximum Gasteiger partial charge on any atom is 0.136 e. The van der Waals surface area contributed by atoms with Gasteiger partial charge in [0.15, 0.2) is 0 Å². The molecule has 2 N–H and O–H groups in total. The van der Waals surface area contributed by atoms with Crippen molar-refractivity contribution in [2.45, 2.75) is 18.9 Å². The summed E-state index contributed by atoms with van der Waals surface area (Å²) >= 11 is 0. The predicted molar refractivity (Wildman–Crippen MR) is 96.2 cm³/mol. The van der Waals surface area contributed by atoms with Crippen LogP contribution >= 0.6 is 0 Å². The fourth-order valence-electron chi connectivity index (χ4n) is 3.43. The van der Waals surface area contributed by atoms with Gasteiger partial charge in [-0.15, -0.1) is 0 Å². The average molecular weight is 325 g/mol. The first-order valence-corrected chi connectivity index (χ1v) is 8.55. The maximum absolute atomic E-state index is 9.87. The zero-order valence-corrected chi connectivity index (χ0v) is 14.1. The Morgan fingerprint density at radius 3 is 2.58 bits per heavy atom. The molecule has 4 nitrogen and oxygen atoms in total. The van der Waals surface area contributed by atoms with E-state index in [1.54, 1.807) is 24.3 Å². The largest absolute Gasteiger partial charge is 0.507 e. The van der Waals surface area contributed by atoms with Crippen molar-refractivity contribution in [3.05, 3.63) is 59.7 Å². The number of rotatable bonds is 6. The fourth-order valence-corrected chi connectivity index (χ4v) is 3.43. The van der Waals surface area contributed by atoms with Gasteiger partial charge in [-0.2, -0.15) is 0 Å². The van der Waals surface area contributed by atoms with E-state index in [1.807, 2.05) is 30.3 Å². The Balaban J connectivity index is 1.82. The van der Waals surface area contributed by atoms with E-state index in [0.29, 0.717) is 6.54 Å². The Kier molecular flexibility index (Phi) is 5.49. The van der Waals surface area contributed by atoms with E-state index in [-0.39, 0.29) is 11.8 Å². The van der Waals surface area contributed by atoms with E-state index < -0.39 is 0 Å². The molecule has 1 atom stereocenters. The van der Waals surface area contributed by atoms with Crippen LogP contribution in [-0.2, 0) is 0 Å². The Bertz CT molecular complexity index is 694. The number of benzene rings is 2. The highest BCUT2D eigenvalue weighted by atomic mass is 16.5. The van der Waals surface area contributed by atoms with E-state index in [1.165, 1.54) is 31.5 Å². The van der Waals surface area contributed by atoms with Crippen LogP contribution in [0.2, 0.25) is 0 Å². The van der Waals surface area contributed by atoms with Gasteiger partial charge in [0.1, 0.15) is 17.5 Å². The third kappa shape index (κ3) is 3.77. The number of nitrogens with zero attached hydrogens (tertiary/aromatic N) is 1. The van der Waals surface area contributed by atoms with E-state index in [0.717, 1.165) is 11.3 Å². The number of aromatic hydroxyl groups is 1. The topological polar surface area (TPSA) is 46.3 Å². The van der Waals surface area contributed by atoms with Gasteiger partial charge >= 0.3 is 0 Å². The monoisotopic (exact) mass is 325 g/mol. The molecular weight excluding hydrogens is 300 g/mol. The van der Waals surface area contributed by atoms with Gasteiger partial charge in [0.2, 0.25) is 0 Å². The van der Waals surface area contributed by atoms with Crippen molar-refractivity contribution in [1.29, 1.82) is 0 Å². The molecule has 1 saturated heterocycles. The molecule has 4 heteroatoms. The molecule has 1 fully saturated rings. The fraction of sp³-hybridized carbons (Fsp3) is 0.350. The highest BCUT2D eigenvalue weighted by Crippen LogP contribution is 2.24. The van der Waals surface area contributed by atoms with Gasteiger partial charge in [-0.3, -0.25) is 4.99 Å². The SMILES string of the molecule is COc1ccccc1[C@H](CN=Cc1ccccc1O)[NH+]1CCCC1. The highest BCUT2D eigenvalue weighted by Gasteiger charge is 2.29. The first-order valence-electron chi connectivity index (χ1n) is 8.55. The lowest BCUT2D eigenvalue weighted by Crippen LogP contribution is -3.10. The van der Waals surface area contributed by atoms with Crippen molar-refractivity contribution in [3.8, 4) is 11.5 Å². The van der Waals surface area contributed by atoms with Gasteiger partial charge in [0.25, 0.3) is 0 Å². The van der Waals surface area contributed by atoms with Gasteiger partial charge in [0.05, 0.1) is 32.3 Å². The van der Waals surface area contributed by atoms with Crippen LogP contribution < -0.4 is 9.64 Å². The third-order valence-electron chi connectivity index (χ3n) is 4.71. The number of aliphatic imine (C=N–C) groups is 1. The molecule has 0 radical (unpaired) electrons. The van der Waals surface area contributed by atoms with Crippen molar-refractivity contribution in [2.75, 3.05) is 26.7 Å². The van der Waals surface area contributed by atoms with Gasteiger partial charge in [-0.25, -0.2) is 0 Å². The predicted octanol–water partition coefficient (Wildman–Crippen LogP) is 2.24. The Morgan fingerprint density at radius 1 is 1.12 bits per heavy atom. The Morgan fingerprint density at radius 2 is 1.83 bits per heavy atom. The van der Waals surface area contributed by atoms with Crippen molar-refractivity contribution in [3.63, 3.8) is 0 Å². The summed E-state index contributed by atoms with van der Waals surface area (Å²) in [4.78, 5) is 6.20. The highest BCUT2D eigenvalue weighted by molar-refractivity contribution is 5.83. The molecule has 0 bridgehead atoms. The second-order valence-electron chi connectivity index (χ2n) is 6.21. The summed E-state index contributed by atoms with van der Waals surface area (Å²) in [7, 11) is 1.72. The van der Waals surface area contributed by atoms with E-state index in [2.05, 4.69) is 17.1 Å². The van der Waals surface area contributed by atoms with Gasteiger partial charge in [-0.1, -0.05) is 24.3 Å². The van der Waals surface area contributed by atoms with E-state index >= 15 is 0 Å². The van der Waals surface area contributed by atoms with Crippen molar-refractivity contribution < 1.29 is 14.7 Å². The molecule has 0 aromatic heterocycles. The first-order chi connectivity index (χ1) is 11.8. The normalized spacial score (nSPS) is 16.5. The maximum atomic E-state index is 9.87. The number of nitrogens with one attached hydrogen (secondary N) is 1. The molecule has 3 rings (SSSR count). The lowest BCUT2D eigenvalue weighted by Gasteiger charge is -2.25. The molecule has 2 aromatic carbocycles. The molecule has 1 heterocycles. The van der Waals surface area contributed by atoms with Crippen molar-refractivity contribution >= 4 is 6.21 Å². The number of ether oxygens (including phenoxy) is 1. The third-order valence-corrected chi connectivity index (χ3v) is 4.71. The zero-order valence-electron chi connectivity index (χ0n) is 14.1. The molecule has 0 unspecified atom stereocenters. The van der Waals surface area contributed by atoms with Crippen molar-refractivity contribution in [1.82, 2.24) is 0 Å². The number of hydrogen-bond donors (Lipinski definition) is 2. The lowest BCUT2D eigenvalue weighted by molar-refractivity contribution is -0.918. The number of phenolic OH excluding ortho intramolecular Hbond substituents is 1. The summed E-state index contributed by atoms with van der Waals surface area (Å²) in [5, 5.41) is 9.87. The minimum Gasteiger partial charge on any atom is -0.507 e. The number of likely N-dealkylation sites (tertiary alicyclic amines) is 1. The number of phenols is 1. The number of para-hydroxylation sites is 2. The van der Waals surface area contributed by atoms with Crippen LogP contribution in [0.5, 0.6) is 11.5 Å². The van der Waals surface area contributed by atoms with Crippen molar-refractivity contribution in [2.24, 2.45) is 4.99 Å². The minimum absolute atomic E-state index is 0.267. The van der Waals surface area contributed by atoms with Crippen LogP contribution in [0.25, 0.3) is 0 Å². The Labute approximate surface area is 143 Å². The summed E-state index contributed by atoms with van der Waals surface area (Å²) in [6.07, 6.45) is 4.31. The van der Waals surface area contributed by atoms with Gasteiger partial charge < -0.3 is 14.7 Å². The van der Waals surface area contributed by atoms with Gasteiger partial charge in [-0.05, 0) is 24.3 Å². The summed E-state index contributed by atoms with van der Waals surface area (Å²) in [5.41, 5.74) is 1.97. The van der Waals surface area contributed by atoms with E-state index in [9.17, 15) is 5.11 Å². The van der Waals surface area contributed by atoms with Crippen LogP contribution in [0, 0.1) is 0 Å². The van der Waals surface area contributed by atoms with Crippen LogP contribution in [0.3, 0.4) is 0 Å². The summed E-state index contributed by atoms with van der Waals surface area (Å²) in [5.74, 6) is 1.20. The molecule has 0 amide bonds. The summed E-state index contributed by atoms with van der Waals surface area (Å²) in [6, 6.07) is 15.8. The summed E-state index contributed by atoms with van der Waals surface area (Å²) < 4.78 is 5.56. The molecule has 0 spiro atoms. The molecule has 1 aliphatic rings. The standard InChI is InChI=1S/C20H24N2O2/c1-24-20-11-5-3-9-17(20)18(22-12-6-7-13-22)15-21-14-16-8-2-4-10-19(16)23/h2-5,8-11,14,18,23H,6-7,12-13,15H2,1H3/p+1/t18-/m0/s1. The molecule has 24 heavy (non-hydrogen) atoms. The van der Waals surface area contributed by atoms with E-state index in [4.69, 9.17) is 4.74 Å². The Hall–Kier alpha value is -2.33. The molecular formula is C20H25N2O2+. The van der Waals surface area contributed by atoms with Crippen LogP contribution in [0.15, 0.2) is 53.5 Å². The quantitative estimate of drug-likeness (QED) is 0.800. The molecule has 0 saturated carbocycles. The molecule has 1 aliphatic heterocycles. The average Bonchev–Trinajstić information content (AvgIpc) is 3.14. The van der Waals surface area contributed by atoms with Crippen LogP contribution in [0.1, 0.15) is 30.0 Å². The number of methoxy groups -OCH3 is 1. The van der Waals surface area contributed by atoms with Gasteiger partial charge in [0, 0.05) is 24.6 Å². The molecule has 2 aromatic rings. The summed E-state index contributed by atoms with van der Waals surface area (Å²) in [6.45, 7) is 3.04. The minimum atomic E-state index is 0.267. The smallest absolute Gasteiger partial charge is 0.136 e. The second kappa shape index (κ2) is 7.97. The van der Waals surface area contributed by atoms with Crippen LogP contribution in [-0.4, -0.2) is 38.1 Å². The first kappa shape index (κ1) is 16.5. The lowest BCUT2D eigenvalue weighted by atomic mass is 10.0. The molecule has 0 aliphatic carbocycles. The molecule has 126 valence electrons. The van der Waals surface area contributed by atoms with Crippen LogP contribution in [0.4, 0.5) is 0 Å². The number of quaternary nitrogens is 1.